The summed E-state index contributed by atoms with van der Waals surface area (Å²) in [6.07, 6.45) is -1.49. The summed E-state index contributed by atoms with van der Waals surface area (Å²) in [4.78, 5) is 8.41. The molecule has 1 aliphatic rings. The summed E-state index contributed by atoms with van der Waals surface area (Å²) in [6.45, 7) is 1.88. The Bertz CT molecular complexity index is 898. The van der Waals surface area contributed by atoms with Gasteiger partial charge in [-0.15, -0.1) is 0 Å². The lowest BCUT2D eigenvalue weighted by atomic mass is 9.99. The number of nitrogens with zero attached hydrogens (tertiary/aromatic N) is 3. The van der Waals surface area contributed by atoms with Crippen molar-refractivity contribution in [3.05, 3.63) is 60.2 Å². The van der Waals surface area contributed by atoms with Gasteiger partial charge in [-0.25, -0.2) is 9.97 Å². The van der Waals surface area contributed by atoms with E-state index in [1.165, 1.54) is 6.33 Å². The molecule has 2 aromatic heterocycles. The van der Waals surface area contributed by atoms with Crippen molar-refractivity contribution in [2.24, 2.45) is 0 Å². The summed E-state index contributed by atoms with van der Waals surface area (Å²) < 4.78 is 7.54. The number of hydrogen-bond donors (Lipinski definition) is 3. The number of fused-ring (bicyclic) bond motifs is 1. The van der Waals surface area contributed by atoms with Crippen LogP contribution in [-0.2, 0) is 11.2 Å². The highest BCUT2D eigenvalue weighted by Crippen LogP contribution is 2.34. The molecule has 1 aliphatic heterocycles. The van der Waals surface area contributed by atoms with Crippen LogP contribution in [0, 0.1) is 6.92 Å². The number of aliphatic hydroxyl groups excluding tert-OH is 3. The Morgan fingerprint density at radius 1 is 1.12 bits per heavy atom. The molecule has 1 aromatic carbocycles. The van der Waals surface area contributed by atoms with Crippen molar-refractivity contribution in [3.8, 4) is 0 Å². The molecule has 136 valence electrons. The molecule has 26 heavy (non-hydrogen) atoms. The second-order valence-electron chi connectivity index (χ2n) is 6.65. The Morgan fingerprint density at radius 2 is 1.88 bits per heavy atom. The maximum absolute atomic E-state index is 10.5. The molecule has 3 aromatic rings. The standard InChI is InChI=1S/C19H21N3O4/c1-11-13-7-8-22(18(13)21-10-20-11)19-16(25)15(24)17(26-19)14(23)9-12-5-3-2-4-6-12/h2-8,10,14-17,19,23-25H,9H2,1H3/t14?,15-,16+,17+,19+/m0/s1. The Morgan fingerprint density at radius 3 is 2.65 bits per heavy atom. The van der Waals surface area contributed by atoms with Crippen molar-refractivity contribution in [2.75, 3.05) is 0 Å². The second kappa shape index (κ2) is 6.77. The molecule has 0 radical (unpaired) electrons. The monoisotopic (exact) mass is 355 g/mol. The molecule has 7 nitrogen and oxygen atoms in total. The van der Waals surface area contributed by atoms with Gasteiger partial charge in [-0.05, 0) is 18.6 Å². The van der Waals surface area contributed by atoms with Crippen molar-refractivity contribution in [3.63, 3.8) is 0 Å². The number of benzene rings is 1. The smallest absolute Gasteiger partial charge is 0.164 e. The average molecular weight is 355 g/mol. The third-order valence-electron chi connectivity index (χ3n) is 4.92. The van der Waals surface area contributed by atoms with Gasteiger partial charge in [0.2, 0.25) is 0 Å². The zero-order valence-corrected chi connectivity index (χ0v) is 14.3. The topological polar surface area (TPSA) is 101 Å². The minimum Gasteiger partial charge on any atom is -0.390 e. The fraction of sp³-hybridized carbons (Fsp3) is 0.368. The van der Waals surface area contributed by atoms with E-state index in [4.69, 9.17) is 4.74 Å². The van der Waals surface area contributed by atoms with E-state index in [1.807, 2.05) is 43.3 Å². The predicted octanol–water partition coefficient (Wildman–Crippen LogP) is 0.963. The molecule has 0 aliphatic carbocycles. The molecule has 0 spiro atoms. The first-order valence-corrected chi connectivity index (χ1v) is 8.58. The third kappa shape index (κ3) is 2.89. The zero-order valence-electron chi connectivity index (χ0n) is 14.3. The van der Waals surface area contributed by atoms with Crippen LogP contribution in [0.25, 0.3) is 11.0 Å². The average Bonchev–Trinajstić information content (AvgIpc) is 3.19. The van der Waals surface area contributed by atoms with Crippen LogP contribution in [0.2, 0.25) is 0 Å². The van der Waals surface area contributed by atoms with Crippen molar-refractivity contribution < 1.29 is 20.1 Å². The van der Waals surface area contributed by atoms with Gasteiger partial charge in [-0.1, -0.05) is 30.3 Å². The molecule has 3 N–H and O–H groups in total. The number of rotatable bonds is 4. The van der Waals surface area contributed by atoms with E-state index in [-0.39, 0.29) is 0 Å². The Balaban J connectivity index is 1.58. The first-order chi connectivity index (χ1) is 12.6. The molecule has 7 heteroatoms. The molecule has 0 amide bonds. The molecule has 5 atom stereocenters. The molecular weight excluding hydrogens is 334 g/mol. The first-order valence-electron chi connectivity index (χ1n) is 8.58. The summed E-state index contributed by atoms with van der Waals surface area (Å²) in [6, 6.07) is 11.3. The minimum atomic E-state index is -1.20. The van der Waals surface area contributed by atoms with Crippen LogP contribution < -0.4 is 0 Å². The van der Waals surface area contributed by atoms with Gasteiger partial charge in [0.15, 0.2) is 6.23 Å². The molecule has 1 unspecified atom stereocenters. The molecule has 3 heterocycles. The van der Waals surface area contributed by atoms with E-state index < -0.39 is 30.6 Å². The lowest BCUT2D eigenvalue weighted by molar-refractivity contribution is -0.0827. The van der Waals surface area contributed by atoms with Gasteiger partial charge in [0.25, 0.3) is 0 Å². The number of ether oxygens (including phenoxy) is 1. The highest BCUT2D eigenvalue weighted by Gasteiger charge is 2.47. The van der Waals surface area contributed by atoms with Crippen LogP contribution in [0.3, 0.4) is 0 Å². The van der Waals surface area contributed by atoms with Gasteiger partial charge < -0.3 is 24.6 Å². The van der Waals surface area contributed by atoms with E-state index in [0.29, 0.717) is 12.1 Å². The molecule has 4 rings (SSSR count). The van der Waals surface area contributed by atoms with Gasteiger partial charge >= 0.3 is 0 Å². The van der Waals surface area contributed by atoms with Gasteiger partial charge in [0.05, 0.1) is 11.8 Å². The van der Waals surface area contributed by atoms with Crippen LogP contribution in [0.4, 0.5) is 0 Å². The van der Waals surface area contributed by atoms with Gasteiger partial charge in [-0.2, -0.15) is 0 Å². The SMILES string of the molecule is Cc1ncnc2c1ccn2[C@@H]1O[C@H](C(O)Cc2ccccc2)[C@@H](O)[C@H]1O. The lowest BCUT2D eigenvalue weighted by Crippen LogP contribution is -2.39. The van der Waals surface area contributed by atoms with Gasteiger partial charge in [0, 0.05) is 18.0 Å². The maximum atomic E-state index is 10.5. The summed E-state index contributed by atoms with van der Waals surface area (Å²) in [7, 11) is 0. The van der Waals surface area contributed by atoms with E-state index in [9.17, 15) is 15.3 Å². The Hall–Kier alpha value is -2.32. The van der Waals surface area contributed by atoms with Gasteiger partial charge in [0.1, 0.15) is 30.3 Å². The molecule has 0 bridgehead atoms. The fourth-order valence-corrected chi connectivity index (χ4v) is 3.51. The Kier molecular flexibility index (Phi) is 4.46. The highest BCUT2D eigenvalue weighted by atomic mass is 16.6. The van der Waals surface area contributed by atoms with Gasteiger partial charge in [-0.3, -0.25) is 0 Å². The Labute approximate surface area is 150 Å². The summed E-state index contributed by atoms with van der Waals surface area (Å²) in [5, 5.41) is 32.3. The van der Waals surface area contributed by atoms with Crippen molar-refractivity contribution in [1.82, 2.24) is 14.5 Å². The number of aliphatic hydroxyl groups is 3. The normalized spacial score (nSPS) is 27.1. The van der Waals surface area contributed by atoms with E-state index in [1.54, 1.807) is 10.8 Å². The molecule has 1 fully saturated rings. The maximum Gasteiger partial charge on any atom is 0.164 e. The van der Waals surface area contributed by atoms with Crippen molar-refractivity contribution in [2.45, 2.75) is 44.0 Å². The summed E-state index contributed by atoms with van der Waals surface area (Å²) in [5.41, 5.74) is 2.37. The van der Waals surface area contributed by atoms with Crippen molar-refractivity contribution in [1.29, 1.82) is 0 Å². The molecular formula is C19H21N3O4. The first kappa shape index (κ1) is 17.1. The fourth-order valence-electron chi connectivity index (χ4n) is 3.51. The zero-order chi connectivity index (χ0) is 18.3. The summed E-state index contributed by atoms with van der Waals surface area (Å²) in [5.74, 6) is 0. The number of hydrogen-bond acceptors (Lipinski definition) is 6. The lowest BCUT2D eigenvalue weighted by Gasteiger charge is -2.21. The predicted molar refractivity (Wildman–Crippen MR) is 94.3 cm³/mol. The number of aromatic nitrogens is 3. The van der Waals surface area contributed by atoms with Crippen LogP contribution in [0.5, 0.6) is 0 Å². The van der Waals surface area contributed by atoms with Crippen LogP contribution in [0.15, 0.2) is 48.9 Å². The largest absolute Gasteiger partial charge is 0.390 e. The van der Waals surface area contributed by atoms with Crippen LogP contribution in [0.1, 0.15) is 17.5 Å². The number of aryl methyl sites for hydroxylation is 1. The van der Waals surface area contributed by atoms with E-state index >= 15 is 0 Å². The third-order valence-corrected chi connectivity index (χ3v) is 4.92. The minimum absolute atomic E-state index is 0.329. The van der Waals surface area contributed by atoms with Crippen molar-refractivity contribution >= 4 is 11.0 Å². The molecule has 1 saturated heterocycles. The highest BCUT2D eigenvalue weighted by molar-refractivity contribution is 5.78. The quantitative estimate of drug-likeness (QED) is 0.645. The van der Waals surface area contributed by atoms with Crippen LogP contribution >= 0.6 is 0 Å². The second-order valence-corrected chi connectivity index (χ2v) is 6.65. The summed E-state index contributed by atoms with van der Waals surface area (Å²) >= 11 is 0. The van der Waals surface area contributed by atoms with E-state index in [0.717, 1.165) is 16.6 Å². The van der Waals surface area contributed by atoms with Crippen LogP contribution in [-0.4, -0.2) is 54.3 Å². The van der Waals surface area contributed by atoms with E-state index in [2.05, 4.69) is 9.97 Å². The molecule has 0 saturated carbocycles.